The Bertz CT molecular complexity index is 167. The van der Waals surface area contributed by atoms with Crippen LogP contribution in [0.1, 0.15) is 90.9 Å². The van der Waals surface area contributed by atoms with Crippen molar-refractivity contribution in [3.63, 3.8) is 0 Å². The van der Waals surface area contributed by atoms with Crippen LogP contribution in [0.4, 0.5) is 0 Å². The second kappa shape index (κ2) is 20.9. The molecule has 0 heterocycles. The Labute approximate surface area is 145 Å². The normalized spacial score (nSPS) is 10.9. The topological polar surface area (TPSA) is 41.5 Å². The third-order valence-electron chi connectivity index (χ3n) is 3.39. The molecular formula is C16H34LiO3P. The molecule has 0 amide bonds. The quantitative estimate of drug-likeness (QED) is 0.249. The Balaban J connectivity index is 0. The summed E-state index contributed by atoms with van der Waals surface area (Å²) in [6, 6.07) is 0. The third kappa shape index (κ3) is 20.9. The molecule has 3 nitrogen and oxygen atoms in total. The molecule has 0 aromatic rings. The monoisotopic (exact) mass is 312 g/mol. The molecule has 0 saturated carbocycles. The summed E-state index contributed by atoms with van der Waals surface area (Å²) in [6.45, 7) is 5.57. The van der Waals surface area contributed by atoms with Gasteiger partial charge in [0.2, 0.25) is 0 Å². The third-order valence-corrected chi connectivity index (χ3v) is 4.18. The van der Waals surface area contributed by atoms with Crippen LogP contribution in [0.3, 0.4) is 0 Å². The van der Waals surface area contributed by atoms with Gasteiger partial charge < -0.3 is 13.9 Å². The molecule has 0 N–H and O–H groups in total. The summed E-state index contributed by atoms with van der Waals surface area (Å²) in [7, 11) is -1.89. The Morgan fingerprint density at radius 2 is 0.952 bits per heavy atom. The molecule has 21 heavy (non-hydrogen) atoms. The van der Waals surface area contributed by atoms with E-state index in [1.54, 1.807) is 0 Å². The molecule has 0 aliphatic carbocycles. The van der Waals surface area contributed by atoms with Gasteiger partial charge in [-0.25, -0.2) is 0 Å². The van der Waals surface area contributed by atoms with Gasteiger partial charge in [0.25, 0.3) is 0 Å². The predicted octanol–water partition coefficient (Wildman–Crippen LogP) is 2.33. The van der Waals surface area contributed by atoms with Crippen LogP contribution in [0, 0.1) is 0 Å². The zero-order valence-corrected chi connectivity index (χ0v) is 15.5. The van der Waals surface area contributed by atoms with Crippen molar-refractivity contribution in [3.8, 4) is 0 Å². The van der Waals surface area contributed by atoms with Gasteiger partial charge in [-0.2, -0.15) is 0 Å². The van der Waals surface area contributed by atoms with Crippen LogP contribution in [-0.4, -0.2) is 13.2 Å². The Morgan fingerprint density at radius 3 is 1.33 bits per heavy atom. The summed E-state index contributed by atoms with van der Waals surface area (Å²) in [4.78, 5) is 11.4. The first kappa shape index (κ1) is 24.2. The number of rotatable bonds is 16. The van der Waals surface area contributed by atoms with Gasteiger partial charge in [0.15, 0.2) is 0 Å². The van der Waals surface area contributed by atoms with Gasteiger partial charge in [-0.3, -0.25) is 0 Å². The van der Waals surface area contributed by atoms with E-state index in [1.807, 2.05) is 0 Å². The van der Waals surface area contributed by atoms with Gasteiger partial charge in [-0.1, -0.05) is 78.1 Å². The molecule has 0 radical (unpaired) electrons. The van der Waals surface area contributed by atoms with Crippen LogP contribution < -0.4 is 23.8 Å². The summed E-state index contributed by atoms with van der Waals surface area (Å²) in [5.41, 5.74) is 0. The van der Waals surface area contributed by atoms with Crippen molar-refractivity contribution < 1.29 is 32.8 Å². The summed E-state index contributed by atoms with van der Waals surface area (Å²) in [6.07, 6.45) is 14.6. The average molecular weight is 312 g/mol. The van der Waals surface area contributed by atoms with Crippen molar-refractivity contribution in [2.24, 2.45) is 0 Å². The van der Waals surface area contributed by atoms with Crippen molar-refractivity contribution in [3.05, 3.63) is 0 Å². The van der Waals surface area contributed by atoms with Crippen molar-refractivity contribution in [2.75, 3.05) is 13.2 Å². The molecule has 0 saturated heterocycles. The second-order valence-electron chi connectivity index (χ2n) is 5.43. The smallest absolute Gasteiger partial charge is 0.786 e. The minimum atomic E-state index is -1.89. The summed E-state index contributed by atoms with van der Waals surface area (Å²) < 4.78 is 10.4. The van der Waals surface area contributed by atoms with Gasteiger partial charge in [0.05, 0.1) is 21.8 Å². The molecule has 0 rings (SSSR count). The van der Waals surface area contributed by atoms with Crippen molar-refractivity contribution in [2.45, 2.75) is 90.9 Å². The second-order valence-corrected chi connectivity index (χ2v) is 6.39. The fourth-order valence-electron chi connectivity index (χ4n) is 2.08. The van der Waals surface area contributed by atoms with E-state index in [-0.39, 0.29) is 18.9 Å². The van der Waals surface area contributed by atoms with Crippen LogP contribution in [0.2, 0.25) is 0 Å². The van der Waals surface area contributed by atoms with Gasteiger partial charge in [0.1, 0.15) is 0 Å². The maximum Gasteiger partial charge on any atom is 1.00 e. The first-order valence-electron chi connectivity index (χ1n) is 8.54. The molecule has 0 aromatic carbocycles. The minimum absolute atomic E-state index is 0. The van der Waals surface area contributed by atoms with E-state index >= 15 is 0 Å². The van der Waals surface area contributed by atoms with E-state index < -0.39 is 8.60 Å². The zero-order chi connectivity index (χ0) is 14.9. The van der Waals surface area contributed by atoms with Crippen LogP contribution >= 0.6 is 8.60 Å². The van der Waals surface area contributed by atoms with Gasteiger partial charge in [0, 0.05) is 0 Å². The largest absolute Gasteiger partial charge is 1.00 e. The molecule has 0 aromatic heterocycles. The number of hydrogen-bond acceptors (Lipinski definition) is 3. The molecule has 0 atom stereocenters. The molecule has 5 heteroatoms. The van der Waals surface area contributed by atoms with E-state index in [0.717, 1.165) is 12.8 Å². The predicted molar refractivity (Wildman–Crippen MR) is 85.6 cm³/mol. The Hall–Kier alpha value is 0.907. The maximum absolute atomic E-state index is 11.4. The zero-order valence-electron chi connectivity index (χ0n) is 14.6. The van der Waals surface area contributed by atoms with Crippen molar-refractivity contribution in [1.29, 1.82) is 0 Å². The van der Waals surface area contributed by atoms with Crippen LogP contribution in [0.15, 0.2) is 0 Å². The number of unbranched alkanes of at least 4 members (excludes halogenated alkanes) is 10. The van der Waals surface area contributed by atoms with Gasteiger partial charge in [-0.15, -0.1) is 0 Å². The molecule has 0 fully saturated rings. The van der Waals surface area contributed by atoms with Crippen LogP contribution in [-0.2, 0) is 9.05 Å². The minimum Gasteiger partial charge on any atom is -0.786 e. The standard InChI is InChI=1S/C16H34O3P.Li/c1-3-5-7-9-11-13-15-18-20(17)19-16-14-12-10-8-6-4-2;/h3-16H2,1-2H3;/q-1;+1. The molecule has 0 bridgehead atoms. The fraction of sp³-hybridized carbons (Fsp3) is 1.00. The van der Waals surface area contributed by atoms with E-state index in [9.17, 15) is 4.89 Å². The first-order valence-corrected chi connectivity index (χ1v) is 9.63. The van der Waals surface area contributed by atoms with Gasteiger partial charge in [-0.05, 0) is 12.8 Å². The Morgan fingerprint density at radius 1 is 0.619 bits per heavy atom. The molecule has 0 aliphatic heterocycles. The molecule has 0 aliphatic rings. The number of hydrogen-bond donors (Lipinski definition) is 0. The van der Waals surface area contributed by atoms with Crippen molar-refractivity contribution >= 4 is 8.60 Å². The van der Waals surface area contributed by atoms with E-state index in [2.05, 4.69) is 13.8 Å². The summed E-state index contributed by atoms with van der Waals surface area (Å²) in [5.74, 6) is 0. The molecule has 122 valence electrons. The Kier molecular flexibility index (Phi) is 24.1. The SMILES string of the molecule is CCCCCCCCOP([O-])OCCCCCCCC.[Li+]. The first-order chi connectivity index (χ1) is 9.81. The molecule has 0 unspecified atom stereocenters. The van der Waals surface area contributed by atoms with Crippen molar-refractivity contribution in [1.82, 2.24) is 0 Å². The summed E-state index contributed by atoms with van der Waals surface area (Å²) >= 11 is 0. The fourth-order valence-corrected chi connectivity index (χ4v) is 2.71. The van der Waals surface area contributed by atoms with Gasteiger partial charge >= 0.3 is 18.9 Å². The maximum atomic E-state index is 11.4. The molecule has 0 spiro atoms. The van der Waals surface area contributed by atoms with Crippen LogP contribution in [0.25, 0.3) is 0 Å². The van der Waals surface area contributed by atoms with E-state index in [0.29, 0.717) is 13.2 Å². The van der Waals surface area contributed by atoms with E-state index in [4.69, 9.17) is 9.05 Å². The van der Waals surface area contributed by atoms with E-state index in [1.165, 1.54) is 64.2 Å². The summed E-state index contributed by atoms with van der Waals surface area (Å²) in [5, 5.41) is 0. The van der Waals surface area contributed by atoms with Crippen LogP contribution in [0.5, 0.6) is 0 Å². The average Bonchev–Trinajstić information content (AvgIpc) is 2.45. The molecular weight excluding hydrogens is 278 g/mol.